The second kappa shape index (κ2) is 4.92. The number of hydrogen-bond acceptors (Lipinski definition) is 4. The molecular weight excluding hydrogens is 302 g/mol. The van der Waals surface area contributed by atoms with Gasteiger partial charge in [0.05, 0.1) is 6.54 Å². The van der Waals surface area contributed by atoms with E-state index in [-0.39, 0.29) is 0 Å². The lowest BCUT2D eigenvalue weighted by Gasteiger charge is -2.05. The molecule has 22 heavy (non-hydrogen) atoms. The summed E-state index contributed by atoms with van der Waals surface area (Å²) >= 11 is 5.93. The number of benzene rings is 1. The second-order valence-electron chi connectivity index (χ2n) is 4.95. The lowest BCUT2D eigenvalue weighted by atomic mass is 10.1. The maximum Gasteiger partial charge on any atom is 0.223 e. The molecule has 4 aromatic rings. The number of aromatic nitrogens is 5. The third kappa shape index (κ3) is 2.14. The molecule has 0 aliphatic rings. The van der Waals surface area contributed by atoms with Gasteiger partial charge < -0.3 is 5.21 Å². The first kappa shape index (κ1) is 13.0. The minimum Gasteiger partial charge on any atom is -0.618 e. The molecule has 0 atom stereocenters. The van der Waals surface area contributed by atoms with Crippen LogP contribution in [0.4, 0.5) is 0 Å². The maximum absolute atomic E-state index is 11.7. The Labute approximate surface area is 130 Å². The average molecular weight is 312 g/mol. The monoisotopic (exact) mass is 311 g/mol. The van der Waals surface area contributed by atoms with Gasteiger partial charge in [0, 0.05) is 17.5 Å². The van der Waals surface area contributed by atoms with Crippen LogP contribution in [0.15, 0.2) is 48.7 Å². The van der Waals surface area contributed by atoms with E-state index in [1.165, 1.54) is 6.20 Å². The maximum atomic E-state index is 11.7. The van der Waals surface area contributed by atoms with Crippen molar-refractivity contribution in [3.63, 3.8) is 0 Å². The van der Waals surface area contributed by atoms with Crippen LogP contribution in [0.5, 0.6) is 0 Å². The summed E-state index contributed by atoms with van der Waals surface area (Å²) in [6.07, 6.45) is 1.48. The minimum absolute atomic E-state index is 0.405. The van der Waals surface area contributed by atoms with Gasteiger partial charge in [-0.25, -0.2) is 9.67 Å². The molecule has 1 aromatic carbocycles. The Morgan fingerprint density at radius 1 is 1.18 bits per heavy atom. The van der Waals surface area contributed by atoms with E-state index in [4.69, 9.17) is 11.6 Å². The van der Waals surface area contributed by atoms with E-state index in [9.17, 15) is 5.21 Å². The highest BCUT2D eigenvalue weighted by Crippen LogP contribution is 2.16. The number of hydrogen-bond donors (Lipinski definition) is 0. The molecule has 0 amide bonds. The molecule has 0 N–H and O–H groups in total. The minimum atomic E-state index is 0.405. The van der Waals surface area contributed by atoms with Gasteiger partial charge >= 0.3 is 0 Å². The predicted octanol–water partition coefficient (Wildman–Crippen LogP) is 2.31. The number of rotatable bonds is 2. The summed E-state index contributed by atoms with van der Waals surface area (Å²) in [5, 5.41) is 21.1. The summed E-state index contributed by atoms with van der Waals surface area (Å²) < 4.78 is 2.54. The zero-order valence-corrected chi connectivity index (χ0v) is 12.1. The van der Waals surface area contributed by atoms with Crippen LogP contribution in [-0.2, 0) is 6.54 Å². The number of fused-ring (bicyclic) bond motifs is 2. The van der Waals surface area contributed by atoms with Crippen molar-refractivity contribution < 1.29 is 4.73 Å². The van der Waals surface area contributed by atoms with E-state index in [1.807, 2.05) is 18.2 Å². The molecule has 0 bridgehead atoms. The fourth-order valence-corrected chi connectivity index (χ4v) is 2.59. The molecule has 108 valence electrons. The summed E-state index contributed by atoms with van der Waals surface area (Å²) in [6.45, 7) is 0.507. The molecule has 0 aliphatic heterocycles. The van der Waals surface area contributed by atoms with Crippen molar-refractivity contribution in [1.82, 2.24) is 20.0 Å². The third-order valence-electron chi connectivity index (χ3n) is 3.48. The molecule has 0 saturated heterocycles. The number of nitrogens with zero attached hydrogens (tertiary/aromatic N) is 5. The van der Waals surface area contributed by atoms with Crippen molar-refractivity contribution in [2.75, 3.05) is 0 Å². The van der Waals surface area contributed by atoms with Crippen LogP contribution in [0.25, 0.3) is 22.1 Å². The van der Waals surface area contributed by atoms with Crippen LogP contribution in [0, 0.1) is 5.21 Å². The van der Waals surface area contributed by atoms with E-state index >= 15 is 0 Å². The molecule has 0 spiro atoms. The van der Waals surface area contributed by atoms with Crippen LogP contribution in [0.3, 0.4) is 0 Å². The molecular formula is C15H10ClN5O. The van der Waals surface area contributed by atoms with Crippen molar-refractivity contribution in [3.05, 3.63) is 64.6 Å². The Morgan fingerprint density at radius 3 is 3.00 bits per heavy atom. The zero-order valence-electron chi connectivity index (χ0n) is 11.3. The van der Waals surface area contributed by atoms with Gasteiger partial charge in [-0.3, -0.25) is 0 Å². The fraction of sp³-hybridized carbons (Fsp3) is 0.0667. The Hall–Kier alpha value is -2.73. The van der Waals surface area contributed by atoms with Crippen LogP contribution >= 0.6 is 11.6 Å². The quantitative estimate of drug-likeness (QED) is 0.323. The van der Waals surface area contributed by atoms with E-state index in [1.54, 1.807) is 28.9 Å². The molecule has 0 aliphatic carbocycles. The highest BCUT2D eigenvalue weighted by molar-refractivity contribution is 6.29. The lowest BCUT2D eigenvalue weighted by molar-refractivity contribution is -0.577. The van der Waals surface area contributed by atoms with E-state index < -0.39 is 0 Å². The smallest absolute Gasteiger partial charge is 0.223 e. The molecule has 0 saturated carbocycles. The van der Waals surface area contributed by atoms with Crippen molar-refractivity contribution in [2.45, 2.75) is 6.54 Å². The van der Waals surface area contributed by atoms with Gasteiger partial charge in [0.1, 0.15) is 10.7 Å². The normalized spacial score (nSPS) is 11.3. The number of pyridine rings is 2. The average Bonchev–Trinajstić information content (AvgIpc) is 2.90. The van der Waals surface area contributed by atoms with Crippen molar-refractivity contribution in [3.8, 4) is 0 Å². The highest BCUT2D eigenvalue weighted by atomic mass is 35.5. The SMILES string of the molecule is [O-][n+]1cccc2cc(Cn3nnc4ccc(Cl)nc43)ccc21. The first-order chi connectivity index (χ1) is 10.7. The van der Waals surface area contributed by atoms with Crippen molar-refractivity contribution in [2.24, 2.45) is 0 Å². The predicted molar refractivity (Wildman–Crippen MR) is 82.3 cm³/mol. The summed E-state index contributed by atoms with van der Waals surface area (Å²) in [5.41, 5.74) is 2.98. The first-order valence-corrected chi connectivity index (χ1v) is 7.05. The van der Waals surface area contributed by atoms with Gasteiger partial charge in [-0.05, 0) is 29.8 Å². The van der Waals surface area contributed by atoms with Gasteiger partial charge in [0.25, 0.3) is 0 Å². The Morgan fingerprint density at radius 2 is 2.09 bits per heavy atom. The fourth-order valence-electron chi connectivity index (χ4n) is 2.45. The standard InChI is InChI=1S/C15H10ClN5O/c16-14-6-4-12-15(17-14)20(19-18-12)9-10-3-5-13-11(8-10)2-1-7-21(13)22/h1-8H,9H2. The van der Waals surface area contributed by atoms with E-state index in [2.05, 4.69) is 15.3 Å². The molecule has 4 rings (SSSR count). The van der Waals surface area contributed by atoms with E-state index in [0.717, 1.165) is 15.7 Å². The van der Waals surface area contributed by atoms with Crippen LogP contribution in [0.2, 0.25) is 5.15 Å². The lowest BCUT2D eigenvalue weighted by Crippen LogP contribution is -2.25. The first-order valence-electron chi connectivity index (χ1n) is 6.67. The highest BCUT2D eigenvalue weighted by Gasteiger charge is 2.09. The topological polar surface area (TPSA) is 70.5 Å². The summed E-state index contributed by atoms with van der Waals surface area (Å²) in [5.74, 6) is 0. The molecule has 7 heteroatoms. The van der Waals surface area contributed by atoms with Gasteiger partial charge in [-0.15, -0.1) is 5.10 Å². The molecule has 0 fully saturated rings. The van der Waals surface area contributed by atoms with Crippen molar-refractivity contribution >= 4 is 33.7 Å². The Bertz CT molecular complexity index is 998. The molecule has 3 aromatic heterocycles. The van der Waals surface area contributed by atoms with Crippen LogP contribution in [-0.4, -0.2) is 20.0 Å². The molecule has 0 unspecified atom stereocenters. The van der Waals surface area contributed by atoms with E-state index in [0.29, 0.717) is 28.4 Å². The van der Waals surface area contributed by atoms with Crippen molar-refractivity contribution in [1.29, 1.82) is 0 Å². The Kier molecular flexibility index (Phi) is 2.90. The molecule has 0 radical (unpaired) electrons. The third-order valence-corrected chi connectivity index (χ3v) is 3.69. The van der Waals surface area contributed by atoms with Gasteiger partial charge in [0.15, 0.2) is 11.8 Å². The Balaban J connectivity index is 1.77. The van der Waals surface area contributed by atoms with Gasteiger partial charge in [-0.2, -0.15) is 4.73 Å². The largest absolute Gasteiger partial charge is 0.618 e. The summed E-state index contributed by atoms with van der Waals surface area (Å²) in [7, 11) is 0. The number of halogens is 1. The van der Waals surface area contributed by atoms with Gasteiger partial charge in [0.2, 0.25) is 5.52 Å². The molecule has 6 nitrogen and oxygen atoms in total. The van der Waals surface area contributed by atoms with Crippen LogP contribution < -0.4 is 4.73 Å². The molecule has 3 heterocycles. The summed E-state index contributed by atoms with van der Waals surface area (Å²) in [6, 6.07) is 12.8. The van der Waals surface area contributed by atoms with Crippen LogP contribution in [0.1, 0.15) is 5.56 Å². The summed E-state index contributed by atoms with van der Waals surface area (Å²) in [4.78, 5) is 4.26. The zero-order chi connectivity index (χ0) is 15.1. The van der Waals surface area contributed by atoms with Gasteiger partial charge in [-0.1, -0.05) is 22.9 Å². The second-order valence-corrected chi connectivity index (χ2v) is 5.34.